The number of nitrogens with zero attached hydrogens (tertiary/aromatic N) is 3. The molecule has 4 rings (SSSR count). The fraction of sp³-hybridized carbons (Fsp3) is 0.440. The van der Waals surface area contributed by atoms with Gasteiger partial charge in [0.2, 0.25) is 5.91 Å². The van der Waals surface area contributed by atoms with Crippen molar-refractivity contribution in [2.24, 2.45) is 5.92 Å². The van der Waals surface area contributed by atoms with Gasteiger partial charge in [-0.1, -0.05) is 19.9 Å². The van der Waals surface area contributed by atoms with Crippen LogP contribution in [0.4, 0.5) is 20.3 Å². The number of aromatic nitrogens is 1. The van der Waals surface area contributed by atoms with Crippen LogP contribution < -0.4 is 11.1 Å². The SMILES string of the molecule is CC(C)C(=O)N1C[C@@H](c2ccc(F)c(F)c2)N(C(=O)C(=O)Nc2cnc(N)c(C3CC3)c2)C[C@H]1C. The average Bonchev–Trinajstić information content (AvgIpc) is 3.66. The Morgan fingerprint density at radius 1 is 1.09 bits per heavy atom. The molecule has 2 aromatic rings. The number of anilines is 2. The van der Waals surface area contributed by atoms with E-state index in [2.05, 4.69) is 10.3 Å². The Morgan fingerprint density at radius 3 is 2.43 bits per heavy atom. The molecule has 8 nitrogen and oxygen atoms in total. The summed E-state index contributed by atoms with van der Waals surface area (Å²) in [4.78, 5) is 46.0. The van der Waals surface area contributed by atoms with Gasteiger partial charge in [0, 0.05) is 25.0 Å². The minimum absolute atomic E-state index is 0.0531. The first-order valence-corrected chi connectivity index (χ1v) is 11.7. The summed E-state index contributed by atoms with van der Waals surface area (Å²) in [5.41, 5.74) is 7.41. The fourth-order valence-electron chi connectivity index (χ4n) is 4.44. The normalized spacial score (nSPS) is 20.2. The van der Waals surface area contributed by atoms with Crippen LogP contribution in [0, 0.1) is 17.6 Å². The molecule has 1 saturated carbocycles. The lowest BCUT2D eigenvalue weighted by Crippen LogP contribution is -2.59. The van der Waals surface area contributed by atoms with E-state index >= 15 is 0 Å². The molecule has 10 heteroatoms. The third-order valence-corrected chi connectivity index (χ3v) is 6.52. The standard InChI is InChI=1S/C25H29F2N5O3/c1-13(2)24(34)31-12-21(16-6-7-19(26)20(27)8-16)32(11-14(31)3)25(35)23(33)30-17-9-18(15-4-5-15)22(28)29-10-17/h6-10,13-15,21H,4-5,11-12H2,1-3H3,(H2,28,29)(H,30,33)/t14-,21+/m1/s1. The van der Waals surface area contributed by atoms with Gasteiger partial charge in [-0.3, -0.25) is 14.4 Å². The number of halogens is 2. The van der Waals surface area contributed by atoms with E-state index < -0.39 is 29.5 Å². The summed E-state index contributed by atoms with van der Waals surface area (Å²) >= 11 is 0. The van der Waals surface area contributed by atoms with Gasteiger partial charge in [-0.05, 0) is 55.0 Å². The molecule has 2 fully saturated rings. The molecule has 1 aliphatic heterocycles. The minimum Gasteiger partial charge on any atom is -0.383 e. The van der Waals surface area contributed by atoms with E-state index in [9.17, 15) is 23.2 Å². The van der Waals surface area contributed by atoms with Crippen LogP contribution >= 0.6 is 0 Å². The van der Waals surface area contributed by atoms with Crippen LogP contribution in [0.15, 0.2) is 30.5 Å². The van der Waals surface area contributed by atoms with Crippen LogP contribution in [0.5, 0.6) is 0 Å². The molecule has 1 aromatic heterocycles. The number of nitrogens with two attached hydrogens (primary N) is 1. The first kappa shape index (κ1) is 24.6. The first-order valence-electron chi connectivity index (χ1n) is 11.7. The number of pyridine rings is 1. The van der Waals surface area contributed by atoms with Crippen LogP contribution in [0.25, 0.3) is 0 Å². The Morgan fingerprint density at radius 2 is 1.80 bits per heavy atom. The molecule has 1 aromatic carbocycles. The molecule has 0 unspecified atom stereocenters. The second kappa shape index (κ2) is 9.59. The van der Waals surface area contributed by atoms with Gasteiger partial charge in [0.1, 0.15) is 5.82 Å². The van der Waals surface area contributed by atoms with Crippen molar-refractivity contribution in [3.8, 4) is 0 Å². The second-order valence-corrected chi connectivity index (χ2v) is 9.57. The van der Waals surface area contributed by atoms with E-state index in [0.29, 0.717) is 23.0 Å². The number of nitrogens with one attached hydrogen (secondary N) is 1. The molecule has 0 bridgehead atoms. The monoisotopic (exact) mass is 485 g/mol. The van der Waals surface area contributed by atoms with E-state index in [1.165, 1.54) is 17.2 Å². The maximum atomic E-state index is 14.1. The number of hydrogen-bond donors (Lipinski definition) is 2. The molecule has 186 valence electrons. The maximum Gasteiger partial charge on any atom is 0.313 e. The van der Waals surface area contributed by atoms with E-state index in [0.717, 1.165) is 30.5 Å². The number of piperazine rings is 1. The third kappa shape index (κ3) is 5.11. The van der Waals surface area contributed by atoms with Crippen molar-refractivity contribution >= 4 is 29.2 Å². The van der Waals surface area contributed by atoms with E-state index in [-0.39, 0.29) is 31.0 Å². The lowest BCUT2D eigenvalue weighted by Gasteiger charge is -2.45. The highest BCUT2D eigenvalue weighted by atomic mass is 19.2. The minimum atomic E-state index is -1.07. The smallest absolute Gasteiger partial charge is 0.313 e. The van der Waals surface area contributed by atoms with Crippen LogP contribution in [0.3, 0.4) is 0 Å². The van der Waals surface area contributed by atoms with Gasteiger partial charge < -0.3 is 20.9 Å². The zero-order valence-electron chi connectivity index (χ0n) is 19.9. The molecule has 2 heterocycles. The highest BCUT2D eigenvalue weighted by Crippen LogP contribution is 2.42. The zero-order valence-corrected chi connectivity index (χ0v) is 19.9. The van der Waals surface area contributed by atoms with Crippen molar-refractivity contribution in [3.63, 3.8) is 0 Å². The molecule has 0 radical (unpaired) electrons. The number of carbonyl (C=O) groups excluding carboxylic acids is 3. The summed E-state index contributed by atoms with van der Waals surface area (Å²) in [6.07, 6.45) is 3.38. The van der Waals surface area contributed by atoms with Crippen LogP contribution in [-0.2, 0) is 14.4 Å². The quantitative estimate of drug-likeness (QED) is 0.647. The van der Waals surface area contributed by atoms with Gasteiger partial charge in [0.05, 0.1) is 17.9 Å². The molecule has 1 saturated heterocycles. The Labute approximate surface area is 202 Å². The van der Waals surface area contributed by atoms with Crippen molar-refractivity contribution in [2.75, 3.05) is 24.1 Å². The lowest BCUT2D eigenvalue weighted by atomic mass is 9.97. The summed E-state index contributed by atoms with van der Waals surface area (Å²) in [5, 5.41) is 2.59. The van der Waals surface area contributed by atoms with E-state index in [1.54, 1.807) is 31.7 Å². The van der Waals surface area contributed by atoms with Crippen molar-refractivity contribution in [1.29, 1.82) is 0 Å². The Hall–Kier alpha value is -3.56. The molecule has 2 aliphatic rings. The second-order valence-electron chi connectivity index (χ2n) is 9.57. The van der Waals surface area contributed by atoms with E-state index in [1.807, 2.05) is 0 Å². The topological polar surface area (TPSA) is 109 Å². The van der Waals surface area contributed by atoms with Gasteiger partial charge in [0.15, 0.2) is 11.6 Å². The maximum absolute atomic E-state index is 14.1. The Kier molecular flexibility index (Phi) is 6.73. The Bertz CT molecular complexity index is 1170. The predicted octanol–water partition coefficient (Wildman–Crippen LogP) is 3.21. The predicted molar refractivity (Wildman–Crippen MR) is 126 cm³/mol. The first-order chi connectivity index (χ1) is 16.6. The zero-order chi connectivity index (χ0) is 25.4. The van der Waals surface area contributed by atoms with E-state index in [4.69, 9.17) is 5.73 Å². The summed E-state index contributed by atoms with van der Waals surface area (Å²) in [6.45, 7) is 5.43. The number of carbonyl (C=O) groups is 3. The van der Waals surface area contributed by atoms with Crippen molar-refractivity contribution in [2.45, 2.75) is 51.6 Å². The summed E-state index contributed by atoms with van der Waals surface area (Å²) in [6, 6.07) is 3.86. The molecule has 3 amide bonds. The fourth-order valence-corrected chi connectivity index (χ4v) is 4.44. The number of rotatable bonds is 4. The molecule has 3 N–H and O–H groups in total. The van der Waals surface area contributed by atoms with Crippen molar-refractivity contribution < 1.29 is 23.2 Å². The number of amides is 3. The Balaban J connectivity index is 1.60. The van der Waals surface area contributed by atoms with Crippen molar-refractivity contribution in [3.05, 3.63) is 53.2 Å². The molecule has 35 heavy (non-hydrogen) atoms. The number of benzene rings is 1. The summed E-state index contributed by atoms with van der Waals surface area (Å²) in [5.74, 6) is -3.52. The lowest BCUT2D eigenvalue weighted by molar-refractivity contribution is -0.152. The van der Waals surface area contributed by atoms with Crippen LogP contribution in [0.2, 0.25) is 0 Å². The number of nitrogen functional groups attached to an aromatic ring is 1. The molecular weight excluding hydrogens is 456 g/mol. The van der Waals surface area contributed by atoms with Gasteiger partial charge in [0.25, 0.3) is 0 Å². The summed E-state index contributed by atoms with van der Waals surface area (Å²) in [7, 11) is 0. The molecule has 1 aliphatic carbocycles. The molecule has 2 atom stereocenters. The summed E-state index contributed by atoms with van der Waals surface area (Å²) < 4.78 is 27.6. The highest BCUT2D eigenvalue weighted by Gasteiger charge is 2.40. The third-order valence-electron chi connectivity index (χ3n) is 6.52. The van der Waals surface area contributed by atoms with Crippen LogP contribution in [-0.4, -0.2) is 51.6 Å². The van der Waals surface area contributed by atoms with Crippen LogP contribution in [0.1, 0.15) is 56.7 Å². The molecular formula is C25H29F2N5O3. The van der Waals surface area contributed by atoms with Gasteiger partial charge >= 0.3 is 11.8 Å². The van der Waals surface area contributed by atoms with Gasteiger partial charge in [-0.2, -0.15) is 0 Å². The largest absolute Gasteiger partial charge is 0.383 e. The van der Waals surface area contributed by atoms with Gasteiger partial charge in [-0.15, -0.1) is 0 Å². The average molecular weight is 486 g/mol. The van der Waals surface area contributed by atoms with Crippen molar-refractivity contribution in [1.82, 2.24) is 14.8 Å². The number of hydrogen-bond acceptors (Lipinski definition) is 5. The van der Waals surface area contributed by atoms with Gasteiger partial charge in [-0.25, -0.2) is 13.8 Å². The highest BCUT2D eigenvalue weighted by molar-refractivity contribution is 6.39. The molecule has 0 spiro atoms.